The number of aryl methyl sites for hydroxylation is 1. The van der Waals surface area contributed by atoms with E-state index >= 15 is 0 Å². The van der Waals surface area contributed by atoms with E-state index in [9.17, 15) is 4.79 Å². The van der Waals surface area contributed by atoms with Crippen LogP contribution in [0.1, 0.15) is 40.5 Å². The summed E-state index contributed by atoms with van der Waals surface area (Å²) in [4.78, 5) is 27.6. The quantitative estimate of drug-likeness (QED) is 0.683. The summed E-state index contributed by atoms with van der Waals surface area (Å²) in [7, 11) is 0. The first kappa shape index (κ1) is 17.6. The van der Waals surface area contributed by atoms with Crippen molar-refractivity contribution >= 4 is 17.2 Å². The number of thiazole rings is 1. The minimum atomic E-state index is -0.0224. The Morgan fingerprint density at radius 2 is 2.00 bits per heavy atom. The number of rotatable bonds is 4. The highest BCUT2D eigenvalue weighted by atomic mass is 32.1. The Morgan fingerprint density at radius 3 is 2.78 bits per heavy atom. The Hall–Kier alpha value is -2.80. The number of piperidine rings is 1. The molecule has 1 aliphatic heterocycles. The van der Waals surface area contributed by atoms with Crippen LogP contribution in [0, 0.1) is 6.92 Å². The van der Waals surface area contributed by atoms with Crippen molar-refractivity contribution in [1.82, 2.24) is 19.9 Å². The number of ether oxygens (including phenoxy) is 1. The Balaban J connectivity index is 1.54. The molecule has 27 heavy (non-hydrogen) atoms. The summed E-state index contributed by atoms with van der Waals surface area (Å²) in [6, 6.07) is 7.85. The number of carbonyl (C=O) groups is 1. The maximum absolute atomic E-state index is 12.6. The number of amides is 1. The van der Waals surface area contributed by atoms with E-state index in [0.29, 0.717) is 18.1 Å². The molecule has 6 nitrogen and oxygen atoms in total. The van der Waals surface area contributed by atoms with Gasteiger partial charge in [-0.3, -0.25) is 9.78 Å². The molecule has 1 aliphatic rings. The molecular weight excluding hydrogens is 360 g/mol. The van der Waals surface area contributed by atoms with Crippen molar-refractivity contribution in [3.63, 3.8) is 0 Å². The first-order chi connectivity index (χ1) is 13.2. The van der Waals surface area contributed by atoms with Gasteiger partial charge in [0.2, 0.25) is 5.88 Å². The topological polar surface area (TPSA) is 68.2 Å². The van der Waals surface area contributed by atoms with E-state index in [-0.39, 0.29) is 11.8 Å². The van der Waals surface area contributed by atoms with Gasteiger partial charge in [0.1, 0.15) is 17.1 Å². The minimum absolute atomic E-state index is 0.0224. The van der Waals surface area contributed by atoms with Crippen LogP contribution in [0.15, 0.2) is 47.5 Å². The summed E-state index contributed by atoms with van der Waals surface area (Å²) >= 11 is 1.43. The van der Waals surface area contributed by atoms with Gasteiger partial charge in [0.15, 0.2) is 0 Å². The number of carbonyl (C=O) groups excluding carboxylic acids is 1. The van der Waals surface area contributed by atoms with Crippen molar-refractivity contribution in [3.8, 4) is 11.6 Å². The van der Waals surface area contributed by atoms with E-state index in [1.54, 1.807) is 23.3 Å². The van der Waals surface area contributed by atoms with Gasteiger partial charge in [-0.2, -0.15) is 0 Å². The predicted molar refractivity (Wildman–Crippen MR) is 103 cm³/mol. The molecule has 1 saturated heterocycles. The molecule has 1 atom stereocenters. The molecule has 0 saturated carbocycles. The standard InChI is InChI=1S/C20H20N4O2S/c1-14-4-6-16(7-5-14)26-19-18(21-8-9-22-19)15-3-2-10-24(11-15)20(25)17-12-27-13-23-17/h4-9,12-13,15H,2-3,10-11H2,1H3/t15-/m1/s1. The zero-order valence-corrected chi connectivity index (χ0v) is 15.9. The molecule has 3 heterocycles. The van der Waals surface area contributed by atoms with Crippen LogP contribution in [0.5, 0.6) is 11.6 Å². The lowest BCUT2D eigenvalue weighted by Crippen LogP contribution is -2.39. The summed E-state index contributed by atoms with van der Waals surface area (Å²) in [6.45, 7) is 3.37. The third kappa shape index (κ3) is 3.98. The molecular formula is C20H20N4O2S. The number of aromatic nitrogens is 3. The average molecular weight is 380 g/mol. The first-order valence-corrected chi connectivity index (χ1v) is 9.88. The zero-order valence-electron chi connectivity index (χ0n) is 15.0. The molecule has 0 N–H and O–H groups in total. The molecule has 0 spiro atoms. The lowest BCUT2D eigenvalue weighted by atomic mass is 9.94. The fraction of sp³-hybridized carbons (Fsp3) is 0.300. The van der Waals surface area contributed by atoms with Gasteiger partial charge in [-0.25, -0.2) is 9.97 Å². The van der Waals surface area contributed by atoms with Gasteiger partial charge in [0.05, 0.1) is 5.51 Å². The van der Waals surface area contributed by atoms with Gasteiger partial charge in [0, 0.05) is 36.8 Å². The Morgan fingerprint density at radius 1 is 1.19 bits per heavy atom. The first-order valence-electron chi connectivity index (χ1n) is 8.93. The molecule has 138 valence electrons. The van der Waals surface area contributed by atoms with E-state index < -0.39 is 0 Å². The highest BCUT2D eigenvalue weighted by molar-refractivity contribution is 7.07. The van der Waals surface area contributed by atoms with E-state index in [1.165, 1.54) is 16.9 Å². The largest absolute Gasteiger partial charge is 0.437 e. The molecule has 0 aliphatic carbocycles. The Labute approximate surface area is 161 Å². The second-order valence-electron chi connectivity index (χ2n) is 6.63. The van der Waals surface area contributed by atoms with Gasteiger partial charge < -0.3 is 9.64 Å². The third-order valence-electron chi connectivity index (χ3n) is 4.67. The van der Waals surface area contributed by atoms with Gasteiger partial charge in [-0.1, -0.05) is 17.7 Å². The van der Waals surface area contributed by atoms with Gasteiger partial charge in [-0.15, -0.1) is 11.3 Å². The summed E-state index contributed by atoms with van der Waals surface area (Å²) in [5.74, 6) is 1.31. The van der Waals surface area contributed by atoms with Crippen LogP contribution < -0.4 is 4.74 Å². The molecule has 1 aromatic carbocycles. The van der Waals surface area contributed by atoms with Gasteiger partial charge in [-0.05, 0) is 31.9 Å². The summed E-state index contributed by atoms with van der Waals surface area (Å²) < 4.78 is 6.00. The molecule has 1 amide bonds. The number of likely N-dealkylation sites (tertiary alicyclic amines) is 1. The number of hydrogen-bond acceptors (Lipinski definition) is 6. The summed E-state index contributed by atoms with van der Waals surface area (Å²) in [5.41, 5.74) is 4.17. The van der Waals surface area contributed by atoms with Crippen LogP contribution in [-0.4, -0.2) is 38.8 Å². The number of benzene rings is 1. The normalized spacial score (nSPS) is 16.9. The molecule has 4 rings (SSSR count). The second kappa shape index (κ2) is 7.84. The molecule has 0 bridgehead atoms. The van der Waals surface area contributed by atoms with Crippen LogP contribution in [0.3, 0.4) is 0 Å². The molecule has 3 aromatic rings. The van der Waals surface area contributed by atoms with Crippen LogP contribution in [0.4, 0.5) is 0 Å². The van der Waals surface area contributed by atoms with Gasteiger partial charge >= 0.3 is 0 Å². The highest BCUT2D eigenvalue weighted by Gasteiger charge is 2.29. The number of hydrogen-bond donors (Lipinski definition) is 0. The van der Waals surface area contributed by atoms with E-state index in [1.807, 2.05) is 36.1 Å². The smallest absolute Gasteiger partial charge is 0.273 e. The van der Waals surface area contributed by atoms with Crippen LogP contribution in [0.25, 0.3) is 0 Å². The maximum atomic E-state index is 12.6. The van der Waals surface area contributed by atoms with Crippen molar-refractivity contribution in [2.45, 2.75) is 25.7 Å². The van der Waals surface area contributed by atoms with Gasteiger partial charge in [0.25, 0.3) is 5.91 Å². The third-order valence-corrected chi connectivity index (χ3v) is 5.26. The number of nitrogens with zero attached hydrogens (tertiary/aromatic N) is 4. The van der Waals surface area contributed by atoms with Crippen molar-refractivity contribution in [2.24, 2.45) is 0 Å². The average Bonchev–Trinajstić information content (AvgIpc) is 3.24. The fourth-order valence-corrected chi connectivity index (χ4v) is 3.80. The minimum Gasteiger partial charge on any atom is -0.437 e. The predicted octanol–water partition coefficient (Wildman–Crippen LogP) is 4.05. The lowest BCUT2D eigenvalue weighted by Gasteiger charge is -2.32. The van der Waals surface area contributed by atoms with Crippen molar-refractivity contribution in [3.05, 3.63) is 64.5 Å². The van der Waals surface area contributed by atoms with E-state index in [2.05, 4.69) is 15.0 Å². The van der Waals surface area contributed by atoms with E-state index in [4.69, 9.17) is 4.74 Å². The molecule has 0 unspecified atom stereocenters. The maximum Gasteiger partial charge on any atom is 0.273 e. The van der Waals surface area contributed by atoms with Crippen molar-refractivity contribution < 1.29 is 9.53 Å². The fourth-order valence-electron chi connectivity index (χ4n) is 3.28. The van der Waals surface area contributed by atoms with Crippen LogP contribution in [-0.2, 0) is 0 Å². The van der Waals surface area contributed by atoms with Crippen LogP contribution in [0.2, 0.25) is 0 Å². The molecule has 2 aromatic heterocycles. The summed E-state index contributed by atoms with van der Waals surface area (Å²) in [6.07, 6.45) is 5.18. The Bertz CT molecular complexity index is 912. The van der Waals surface area contributed by atoms with Crippen molar-refractivity contribution in [2.75, 3.05) is 13.1 Å². The lowest BCUT2D eigenvalue weighted by molar-refractivity contribution is 0.0699. The molecule has 7 heteroatoms. The SMILES string of the molecule is Cc1ccc(Oc2nccnc2[C@@H]2CCCN(C(=O)c3cscn3)C2)cc1. The zero-order chi connectivity index (χ0) is 18.6. The summed E-state index contributed by atoms with van der Waals surface area (Å²) in [5, 5.41) is 1.79. The van der Waals surface area contributed by atoms with E-state index in [0.717, 1.165) is 30.8 Å². The molecule has 0 radical (unpaired) electrons. The Kier molecular flexibility index (Phi) is 5.11. The van der Waals surface area contributed by atoms with Crippen molar-refractivity contribution in [1.29, 1.82) is 0 Å². The van der Waals surface area contributed by atoms with Crippen LogP contribution >= 0.6 is 11.3 Å². The second-order valence-corrected chi connectivity index (χ2v) is 7.34. The molecule has 1 fully saturated rings. The monoisotopic (exact) mass is 380 g/mol. The highest BCUT2D eigenvalue weighted by Crippen LogP contribution is 2.33.